The van der Waals surface area contributed by atoms with E-state index < -0.39 is 0 Å². The molecular weight excluding hydrogens is 257 g/mol. The summed E-state index contributed by atoms with van der Waals surface area (Å²) in [7, 11) is 0. The van der Waals surface area contributed by atoms with Gasteiger partial charge in [-0.15, -0.1) is 0 Å². The molecule has 0 aromatic heterocycles. The van der Waals surface area contributed by atoms with Crippen molar-refractivity contribution in [3.05, 3.63) is 29.6 Å². The standard InChI is InChI=1S/C15H22FN3O/c1-11(2)18-10-12-13(16)4-3-5-14(12)19-8-6-15(20)17-7-9-19/h3-5,11,18H,6-10H2,1-2H3,(H,17,20). The van der Waals surface area contributed by atoms with Gasteiger partial charge < -0.3 is 15.5 Å². The van der Waals surface area contributed by atoms with E-state index in [1.807, 2.05) is 19.9 Å². The molecule has 1 fully saturated rings. The molecule has 2 N–H and O–H groups in total. The van der Waals surface area contributed by atoms with Crippen molar-refractivity contribution in [3.63, 3.8) is 0 Å². The van der Waals surface area contributed by atoms with Crippen LogP contribution in [-0.4, -0.2) is 31.6 Å². The third-order valence-electron chi connectivity index (χ3n) is 3.43. The molecule has 0 radical (unpaired) electrons. The lowest BCUT2D eigenvalue weighted by atomic mass is 10.1. The molecule has 1 aliphatic rings. The van der Waals surface area contributed by atoms with Crippen LogP contribution in [0.2, 0.25) is 0 Å². The van der Waals surface area contributed by atoms with E-state index in [0.717, 1.165) is 5.69 Å². The summed E-state index contributed by atoms with van der Waals surface area (Å²) in [6.07, 6.45) is 0.452. The minimum Gasteiger partial charge on any atom is -0.369 e. The van der Waals surface area contributed by atoms with Gasteiger partial charge in [0, 0.05) is 49.9 Å². The molecule has 1 heterocycles. The highest BCUT2D eigenvalue weighted by Crippen LogP contribution is 2.24. The fourth-order valence-electron chi connectivity index (χ4n) is 2.33. The molecule has 1 saturated heterocycles. The lowest BCUT2D eigenvalue weighted by molar-refractivity contribution is -0.120. The lowest BCUT2D eigenvalue weighted by Crippen LogP contribution is -2.30. The largest absolute Gasteiger partial charge is 0.369 e. The second-order valence-corrected chi connectivity index (χ2v) is 5.36. The van der Waals surface area contributed by atoms with Gasteiger partial charge in [-0.05, 0) is 12.1 Å². The highest BCUT2D eigenvalue weighted by Gasteiger charge is 2.18. The maximum atomic E-state index is 14.1. The highest BCUT2D eigenvalue weighted by molar-refractivity contribution is 5.77. The summed E-state index contributed by atoms with van der Waals surface area (Å²) in [5.41, 5.74) is 1.56. The molecule has 1 aromatic rings. The number of carbonyl (C=O) groups is 1. The normalized spacial score (nSPS) is 16.2. The fraction of sp³-hybridized carbons (Fsp3) is 0.533. The predicted molar refractivity (Wildman–Crippen MR) is 78.2 cm³/mol. The highest BCUT2D eigenvalue weighted by atomic mass is 19.1. The van der Waals surface area contributed by atoms with Gasteiger partial charge in [-0.1, -0.05) is 19.9 Å². The van der Waals surface area contributed by atoms with Crippen LogP contribution in [0.5, 0.6) is 0 Å². The van der Waals surface area contributed by atoms with Crippen LogP contribution < -0.4 is 15.5 Å². The Balaban J connectivity index is 2.21. The number of benzene rings is 1. The molecule has 1 amide bonds. The van der Waals surface area contributed by atoms with Gasteiger partial charge in [-0.3, -0.25) is 4.79 Å². The Bertz CT molecular complexity index is 476. The van der Waals surface area contributed by atoms with Crippen LogP contribution in [0.3, 0.4) is 0 Å². The third-order valence-corrected chi connectivity index (χ3v) is 3.43. The number of nitrogens with one attached hydrogen (secondary N) is 2. The summed E-state index contributed by atoms with van der Waals surface area (Å²) >= 11 is 0. The number of carbonyl (C=O) groups excluding carboxylic acids is 1. The Morgan fingerprint density at radius 1 is 1.40 bits per heavy atom. The first-order valence-corrected chi connectivity index (χ1v) is 7.10. The van der Waals surface area contributed by atoms with Gasteiger partial charge in [0.15, 0.2) is 0 Å². The van der Waals surface area contributed by atoms with Crippen molar-refractivity contribution in [1.82, 2.24) is 10.6 Å². The van der Waals surface area contributed by atoms with Gasteiger partial charge in [0.2, 0.25) is 5.91 Å². The molecule has 4 nitrogen and oxygen atoms in total. The molecule has 1 aliphatic heterocycles. The van der Waals surface area contributed by atoms with Crippen molar-refractivity contribution in [1.29, 1.82) is 0 Å². The Morgan fingerprint density at radius 3 is 2.95 bits per heavy atom. The number of hydrogen-bond acceptors (Lipinski definition) is 3. The SMILES string of the molecule is CC(C)NCc1c(F)cccc1N1CCNC(=O)CC1. The van der Waals surface area contributed by atoms with Crippen LogP contribution in [0, 0.1) is 5.82 Å². The van der Waals surface area contributed by atoms with E-state index in [9.17, 15) is 9.18 Å². The van der Waals surface area contributed by atoms with Gasteiger partial charge in [0.25, 0.3) is 0 Å². The number of amides is 1. The number of halogens is 1. The van der Waals surface area contributed by atoms with Crippen molar-refractivity contribution < 1.29 is 9.18 Å². The molecule has 0 atom stereocenters. The summed E-state index contributed by atoms with van der Waals surface area (Å²) in [4.78, 5) is 13.5. The Morgan fingerprint density at radius 2 is 2.20 bits per heavy atom. The zero-order chi connectivity index (χ0) is 14.5. The zero-order valence-corrected chi connectivity index (χ0v) is 12.1. The minimum atomic E-state index is -0.195. The van der Waals surface area contributed by atoms with Crippen molar-refractivity contribution >= 4 is 11.6 Å². The van der Waals surface area contributed by atoms with E-state index >= 15 is 0 Å². The topological polar surface area (TPSA) is 44.4 Å². The molecule has 0 unspecified atom stereocenters. The molecule has 5 heteroatoms. The van der Waals surface area contributed by atoms with Crippen LogP contribution >= 0.6 is 0 Å². The first-order chi connectivity index (χ1) is 9.58. The van der Waals surface area contributed by atoms with Crippen molar-refractivity contribution in [2.75, 3.05) is 24.5 Å². The van der Waals surface area contributed by atoms with E-state index in [4.69, 9.17) is 0 Å². The number of rotatable bonds is 4. The minimum absolute atomic E-state index is 0.0609. The molecule has 110 valence electrons. The smallest absolute Gasteiger partial charge is 0.221 e. The average molecular weight is 279 g/mol. The maximum Gasteiger partial charge on any atom is 0.221 e. The van der Waals surface area contributed by atoms with E-state index in [1.165, 1.54) is 6.07 Å². The van der Waals surface area contributed by atoms with Gasteiger partial charge in [0.1, 0.15) is 5.82 Å². The summed E-state index contributed by atoms with van der Waals surface area (Å²) in [6.45, 7) is 6.52. The molecule has 2 rings (SSSR count). The van der Waals surface area contributed by atoms with Crippen LogP contribution in [-0.2, 0) is 11.3 Å². The van der Waals surface area contributed by atoms with E-state index in [2.05, 4.69) is 15.5 Å². The number of hydrogen-bond donors (Lipinski definition) is 2. The summed E-state index contributed by atoms with van der Waals surface area (Å²) < 4.78 is 14.1. The predicted octanol–water partition coefficient (Wildman–Crippen LogP) is 1.65. The lowest BCUT2D eigenvalue weighted by Gasteiger charge is -2.25. The third kappa shape index (κ3) is 3.70. The van der Waals surface area contributed by atoms with E-state index in [1.54, 1.807) is 6.07 Å². The summed E-state index contributed by atoms with van der Waals surface area (Å²) in [5.74, 6) is -0.134. The molecule has 0 aliphatic carbocycles. The van der Waals surface area contributed by atoms with Crippen LogP contribution in [0.15, 0.2) is 18.2 Å². The number of nitrogens with zero attached hydrogens (tertiary/aromatic N) is 1. The second-order valence-electron chi connectivity index (χ2n) is 5.36. The second kappa shape index (κ2) is 6.70. The zero-order valence-electron chi connectivity index (χ0n) is 12.1. The fourth-order valence-corrected chi connectivity index (χ4v) is 2.33. The monoisotopic (exact) mass is 279 g/mol. The molecule has 1 aromatic carbocycles. The summed E-state index contributed by atoms with van der Waals surface area (Å²) in [5, 5.41) is 6.10. The van der Waals surface area contributed by atoms with Gasteiger partial charge in [-0.2, -0.15) is 0 Å². The van der Waals surface area contributed by atoms with Gasteiger partial charge in [0.05, 0.1) is 0 Å². The number of anilines is 1. The quantitative estimate of drug-likeness (QED) is 0.881. The van der Waals surface area contributed by atoms with Gasteiger partial charge >= 0.3 is 0 Å². The first-order valence-electron chi connectivity index (χ1n) is 7.10. The van der Waals surface area contributed by atoms with Crippen molar-refractivity contribution in [2.24, 2.45) is 0 Å². The Kier molecular flexibility index (Phi) is 4.95. The van der Waals surface area contributed by atoms with E-state index in [0.29, 0.717) is 44.2 Å². The molecule has 0 bridgehead atoms. The van der Waals surface area contributed by atoms with Crippen LogP contribution in [0.25, 0.3) is 0 Å². The first kappa shape index (κ1) is 14.8. The molecule has 20 heavy (non-hydrogen) atoms. The molecule has 0 saturated carbocycles. The molecule has 0 spiro atoms. The maximum absolute atomic E-state index is 14.1. The van der Waals surface area contributed by atoms with Crippen molar-refractivity contribution in [3.8, 4) is 0 Å². The summed E-state index contributed by atoms with van der Waals surface area (Å²) in [6, 6.07) is 5.44. The Hall–Kier alpha value is -1.62. The molecular formula is C15H22FN3O. The Labute approximate surface area is 119 Å². The van der Waals surface area contributed by atoms with Crippen LogP contribution in [0.4, 0.5) is 10.1 Å². The van der Waals surface area contributed by atoms with E-state index in [-0.39, 0.29) is 11.7 Å². The van der Waals surface area contributed by atoms with Gasteiger partial charge in [-0.25, -0.2) is 4.39 Å². The average Bonchev–Trinajstić information content (AvgIpc) is 2.62. The van der Waals surface area contributed by atoms with Crippen LogP contribution in [0.1, 0.15) is 25.8 Å². The van der Waals surface area contributed by atoms with Crippen molar-refractivity contribution in [2.45, 2.75) is 32.9 Å².